The van der Waals surface area contributed by atoms with Gasteiger partial charge in [-0.2, -0.15) is 0 Å². The van der Waals surface area contributed by atoms with Gasteiger partial charge in [-0.15, -0.1) is 4.91 Å². The molecule has 0 amide bonds. The van der Waals surface area contributed by atoms with Crippen LogP contribution >= 0.6 is 0 Å². The molecule has 1 aromatic carbocycles. The summed E-state index contributed by atoms with van der Waals surface area (Å²) in [6, 6.07) is 5.64. The van der Waals surface area contributed by atoms with Crippen molar-refractivity contribution in [3.8, 4) is 5.75 Å². The molecule has 0 saturated heterocycles. The number of aryl methyl sites for hydroxylation is 1. The molecule has 0 bridgehead atoms. The fraction of sp³-hybridized carbons (Fsp3) is 0.200. The highest BCUT2D eigenvalue weighted by molar-refractivity contribution is 5.54. The van der Waals surface area contributed by atoms with Gasteiger partial charge in [0.15, 0.2) is 0 Å². The minimum Gasteiger partial charge on any atom is -0.497 e. The average Bonchev–Trinajstić information content (AvgIpc) is 2.16. The number of hydrogen-bond acceptors (Lipinski definition) is 3. The molecule has 0 spiro atoms. The molecular formula is C10H11NO2. The minimum absolute atomic E-state index is 0.814. The van der Waals surface area contributed by atoms with Crippen LogP contribution in [0.1, 0.15) is 11.1 Å². The summed E-state index contributed by atoms with van der Waals surface area (Å²) in [4.78, 5) is 9.85. The van der Waals surface area contributed by atoms with Crippen LogP contribution in [-0.4, -0.2) is 7.11 Å². The zero-order chi connectivity index (χ0) is 9.68. The van der Waals surface area contributed by atoms with Crippen LogP contribution in [0.4, 0.5) is 0 Å². The number of nitroso groups, excluding NO2 is 1. The highest BCUT2D eigenvalue weighted by Crippen LogP contribution is 2.17. The lowest BCUT2D eigenvalue weighted by molar-refractivity contribution is 0.414. The molecule has 68 valence electrons. The summed E-state index contributed by atoms with van der Waals surface area (Å²) < 4.78 is 5.05. The molecule has 13 heavy (non-hydrogen) atoms. The van der Waals surface area contributed by atoms with Gasteiger partial charge in [0.25, 0.3) is 0 Å². The van der Waals surface area contributed by atoms with E-state index in [-0.39, 0.29) is 0 Å². The monoisotopic (exact) mass is 177 g/mol. The van der Waals surface area contributed by atoms with E-state index in [4.69, 9.17) is 4.74 Å². The maximum atomic E-state index is 9.85. The van der Waals surface area contributed by atoms with E-state index in [0.717, 1.165) is 16.9 Å². The van der Waals surface area contributed by atoms with E-state index in [2.05, 4.69) is 5.18 Å². The summed E-state index contributed by atoms with van der Waals surface area (Å²) in [5, 5.41) is 2.65. The number of rotatable bonds is 3. The number of methoxy groups -OCH3 is 1. The summed E-state index contributed by atoms with van der Waals surface area (Å²) in [5.74, 6) is 0.814. The van der Waals surface area contributed by atoms with Crippen LogP contribution in [0.5, 0.6) is 5.75 Å². The van der Waals surface area contributed by atoms with Gasteiger partial charge in [-0.1, -0.05) is 6.07 Å². The van der Waals surface area contributed by atoms with E-state index in [1.54, 1.807) is 13.2 Å². The molecular weight excluding hydrogens is 166 g/mol. The van der Waals surface area contributed by atoms with Gasteiger partial charge >= 0.3 is 0 Å². The van der Waals surface area contributed by atoms with Gasteiger partial charge in [0.05, 0.1) is 13.3 Å². The average molecular weight is 177 g/mol. The molecule has 0 aromatic heterocycles. The third-order valence-electron chi connectivity index (χ3n) is 1.79. The predicted octanol–water partition coefficient (Wildman–Crippen LogP) is 2.74. The van der Waals surface area contributed by atoms with Crippen LogP contribution in [0.2, 0.25) is 0 Å². The van der Waals surface area contributed by atoms with Crippen molar-refractivity contribution in [3.63, 3.8) is 0 Å². The molecule has 3 nitrogen and oxygen atoms in total. The van der Waals surface area contributed by atoms with Gasteiger partial charge in [0.2, 0.25) is 0 Å². The van der Waals surface area contributed by atoms with Gasteiger partial charge in [0.1, 0.15) is 5.75 Å². The highest BCUT2D eigenvalue weighted by atomic mass is 16.5. The maximum absolute atomic E-state index is 9.85. The Morgan fingerprint density at radius 3 is 2.77 bits per heavy atom. The Labute approximate surface area is 77.0 Å². The third kappa shape index (κ3) is 2.40. The Morgan fingerprint density at radius 2 is 2.23 bits per heavy atom. The van der Waals surface area contributed by atoms with Crippen LogP contribution in [-0.2, 0) is 0 Å². The van der Waals surface area contributed by atoms with Crippen LogP contribution < -0.4 is 4.74 Å². The van der Waals surface area contributed by atoms with Crippen molar-refractivity contribution >= 4 is 6.08 Å². The molecule has 0 radical (unpaired) electrons. The fourth-order valence-corrected chi connectivity index (χ4v) is 1.07. The quantitative estimate of drug-likeness (QED) is 0.666. The van der Waals surface area contributed by atoms with E-state index < -0.39 is 0 Å². The first-order valence-corrected chi connectivity index (χ1v) is 3.91. The van der Waals surface area contributed by atoms with Crippen LogP contribution in [0, 0.1) is 11.8 Å². The van der Waals surface area contributed by atoms with Crippen molar-refractivity contribution in [1.29, 1.82) is 0 Å². The first kappa shape index (κ1) is 9.45. The molecule has 1 rings (SSSR count). The normalized spacial score (nSPS) is 10.3. The van der Waals surface area contributed by atoms with Crippen molar-refractivity contribution in [2.45, 2.75) is 6.92 Å². The van der Waals surface area contributed by atoms with Crippen LogP contribution in [0.15, 0.2) is 29.6 Å². The topological polar surface area (TPSA) is 38.7 Å². The highest BCUT2D eigenvalue weighted by Gasteiger charge is 1.96. The van der Waals surface area contributed by atoms with Gasteiger partial charge in [-0.3, -0.25) is 0 Å². The van der Waals surface area contributed by atoms with E-state index in [1.807, 2.05) is 25.1 Å². The van der Waals surface area contributed by atoms with Gasteiger partial charge in [-0.05, 0) is 41.4 Å². The van der Waals surface area contributed by atoms with Crippen molar-refractivity contribution in [3.05, 3.63) is 40.4 Å². The van der Waals surface area contributed by atoms with Gasteiger partial charge < -0.3 is 4.74 Å². The number of nitrogens with zero attached hydrogens (tertiary/aromatic N) is 1. The van der Waals surface area contributed by atoms with Crippen molar-refractivity contribution in [1.82, 2.24) is 0 Å². The number of ether oxygens (including phenoxy) is 1. The molecule has 0 fully saturated rings. The predicted molar refractivity (Wildman–Crippen MR) is 52.6 cm³/mol. The second kappa shape index (κ2) is 4.40. The SMILES string of the molecule is COc1ccc(/C=C/N=O)c(C)c1. The van der Waals surface area contributed by atoms with Crippen molar-refractivity contribution in [2.75, 3.05) is 7.11 Å². The lowest BCUT2D eigenvalue weighted by Crippen LogP contribution is -1.85. The second-order valence-corrected chi connectivity index (χ2v) is 2.64. The molecule has 0 saturated carbocycles. The van der Waals surface area contributed by atoms with E-state index >= 15 is 0 Å². The third-order valence-corrected chi connectivity index (χ3v) is 1.79. The zero-order valence-electron chi connectivity index (χ0n) is 7.65. The molecule has 0 atom stereocenters. The van der Waals surface area contributed by atoms with Crippen LogP contribution in [0.25, 0.3) is 6.08 Å². The number of hydrogen-bond donors (Lipinski definition) is 0. The smallest absolute Gasteiger partial charge is 0.119 e. The Morgan fingerprint density at radius 1 is 1.46 bits per heavy atom. The molecule has 0 aliphatic heterocycles. The summed E-state index contributed by atoms with van der Waals surface area (Å²) in [6.07, 6.45) is 2.90. The summed E-state index contributed by atoms with van der Waals surface area (Å²) in [7, 11) is 1.62. The molecule has 3 heteroatoms. The van der Waals surface area contributed by atoms with Gasteiger partial charge in [-0.25, -0.2) is 0 Å². The van der Waals surface area contributed by atoms with Gasteiger partial charge in [0, 0.05) is 0 Å². The second-order valence-electron chi connectivity index (χ2n) is 2.64. The molecule has 0 heterocycles. The lowest BCUT2D eigenvalue weighted by Gasteiger charge is -2.03. The zero-order valence-corrected chi connectivity index (χ0v) is 7.65. The summed E-state index contributed by atoms with van der Waals surface area (Å²) >= 11 is 0. The number of benzene rings is 1. The minimum atomic E-state index is 0.814. The molecule has 0 N–H and O–H groups in total. The largest absolute Gasteiger partial charge is 0.497 e. The molecule has 0 aliphatic carbocycles. The Hall–Kier alpha value is -1.64. The van der Waals surface area contributed by atoms with E-state index in [0.29, 0.717) is 0 Å². The molecule has 0 aliphatic rings. The maximum Gasteiger partial charge on any atom is 0.119 e. The molecule has 0 unspecified atom stereocenters. The summed E-state index contributed by atoms with van der Waals surface area (Å²) in [6.45, 7) is 1.95. The lowest BCUT2D eigenvalue weighted by atomic mass is 10.1. The first-order chi connectivity index (χ1) is 6.27. The van der Waals surface area contributed by atoms with E-state index in [9.17, 15) is 4.91 Å². The van der Waals surface area contributed by atoms with Crippen LogP contribution in [0.3, 0.4) is 0 Å². The fourth-order valence-electron chi connectivity index (χ4n) is 1.07. The Balaban J connectivity index is 2.98. The van der Waals surface area contributed by atoms with Crippen molar-refractivity contribution < 1.29 is 4.74 Å². The standard InChI is InChI=1S/C10H11NO2/c1-8-7-10(13-2)4-3-9(8)5-6-11-12/h3-7H,1-2H3/b6-5+. The first-order valence-electron chi connectivity index (χ1n) is 3.91. The van der Waals surface area contributed by atoms with E-state index in [1.165, 1.54) is 6.20 Å². The Kier molecular flexibility index (Phi) is 3.20. The molecule has 1 aromatic rings. The van der Waals surface area contributed by atoms with Crippen molar-refractivity contribution in [2.24, 2.45) is 5.18 Å². The summed E-state index contributed by atoms with van der Waals surface area (Å²) in [5.41, 5.74) is 2.03. The Bertz CT molecular complexity index is 332.